The van der Waals surface area contributed by atoms with Crippen molar-refractivity contribution in [1.29, 1.82) is 0 Å². The van der Waals surface area contributed by atoms with Gasteiger partial charge in [0.1, 0.15) is 23.2 Å². The molecule has 0 bridgehead atoms. The molecule has 3 rings (SSSR count). The van der Waals surface area contributed by atoms with E-state index >= 15 is 0 Å². The highest BCUT2D eigenvalue weighted by Crippen LogP contribution is 2.37. The molecule has 0 radical (unpaired) electrons. The second-order valence-electron chi connectivity index (χ2n) is 9.55. The fraction of sp³-hybridized carbons (Fsp3) is 0.321. The molecule has 34 heavy (non-hydrogen) atoms. The molecule has 0 heterocycles. The lowest BCUT2D eigenvalue weighted by Gasteiger charge is -2.43. The van der Waals surface area contributed by atoms with Crippen LogP contribution in [0.2, 0.25) is 5.04 Å². The van der Waals surface area contributed by atoms with E-state index in [-0.39, 0.29) is 28.2 Å². The summed E-state index contributed by atoms with van der Waals surface area (Å²) in [7, 11) is -1.44. The third-order valence-corrected chi connectivity index (χ3v) is 10.9. The molecule has 6 heteroatoms. The number of benzene rings is 3. The molecule has 0 saturated carbocycles. The van der Waals surface area contributed by atoms with Crippen LogP contribution in [0.25, 0.3) is 0 Å². The summed E-state index contributed by atoms with van der Waals surface area (Å²) in [5.41, 5.74) is 0.797. The van der Waals surface area contributed by atoms with Gasteiger partial charge in [-0.05, 0) is 47.0 Å². The van der Waals surface area contributed by atoms with E-state index in [2.05, 4.69) is 45.0 Å². The number of phenolic OH excluding ortho intramolecular Hbond substituents is 1. The van der Waals surface area contributed by atoms with Gasteiger partial charge in [-0.1, -0.05) is 81.4 Å². The van der Waals surface area contributed by atoms with Gasteiger partial charge in [-0.3, -0.25) is 0 Å². The van der Waals surface area contributed by atoms with E-state index in [9.17, 15) is 9.90 Å². The normalized spacial score (nSPS) is 12.8. The molecular weight excluding hydrogens is 444 g/mol. The smallest absolute Gasteiger partial charge is 0.345 e. The molecule has 0 spiro atoms. The Balaban J connectivity index is 1.97. The lowest BCUT2D eigenvalue weighted by Crippen LogP contribution is -2.67. The number of carbonyl (C=O) groups is 1. The molecule has 0 aliphatic heterocycles. The molecule has 0 saturated heterocycles. The summed E-state index contributed by atoms with van der Waals surface area (Å²) in [4.78, 5) is 12.3. The number of carbonyl (C=O) groups excluding carboxylic acids is 1. The van der Waals surface area contributed by atoms with Gasteiger partial charge >= 0.3 is 5.97 Å². The minimum Gasteiger partial charge on any atom is -0.507 e. The maximum absolute atomic E-state index is 12.3. The minimum absolute atomic E-state index is 0.0189. The molecule has 0 fully saturated rings. The van der Waals surface area contributed by atoms with Crippen LogP contribution in [-0.2, 0) is 9.16 Å². The first-order valence-electron chi connectivity index (χ1n) is 11.4. The average Bonchev–Trinajstić information content (AvgIpc) is 2.79. The zero-order valence-electron chi connectivity index (χ0n) is 20.8. The number of ether oxygens (including phenoxy) is 2. The minimum atomic E-state index is -2.71. The standard InChI is InChI=1S/C28H34O5Si/c1-20-17-24(29)26(27(30)31-6)25(18-20)33-21(2)19-32-34(28(3,4)5,22-13-9-7-10-14-22)23-15-11-8-12-16-23/h7-18,21,29H,19H2,1-6H3/t21-/m0/s1. The van der Waals surface area contributed by atoms with Gasteiger partial charge in [0, 0.05) is 0 Å². The summed E-state index contributed by atoms with van der Waals surface area (Å²) in [5.74, 6) is -0.530. The fourth-order valence-corrected chi connectivity index (χ4v) is 9.03. The van der Waals surface area contributed by atoms with Gasteiger partial charge in [0.05, 0.1) is 13.7 Å². The largest absolute Gasteiger partial charge is 0.507 e. The van der Waals surface area contributed by atoms with Gasteiger partial charge in [-0.15, -0.1) is 0 Å². The van der Waals surface area contributed by atoms with Gasteiger partial charge in [-0.25, -0.2) is 4.79 Å². The zero-order valence-corrected chi connectivity index (χ0v) is 21.8. The Bertz CT molecular complexity index is 1070. The summed E-state index contributed by atoms with van der Waals surface area (Å²) >= 11 is 0. The number of hydrogen-bond acceptors (Lipinski definition) is 5. The van der Waals surface area contributed by atoms with E-state index in [1.165, 1.54) is 23.5 Å². The van der Waals surface area contributed by atoms with Crippen LogP contribution in [0, 0.1) is 6.92 Å². The monoisotopic (exact) mass is 478 g/mol. The first kappa shape index (κ1) is 25.5. The van der Waals surface area contributed by atoms with E-state index in [1.54, 1.807) is 6.07 Å². The fourth-order valence-electron chi connectivity index (χ4n) is 4.39. The van der Waals surface area contributed by atoms with Crippen molar-refractivity contribution >= 4 is 24.7 Å². The van der Waals surface area contributed by atoms with Crippen LogP contribution >= 0.6 is 0 Å². The second-order valence-corrected chi connectivity index (χ2v) is 13.9. The van der Waals surface area contributed by atoms with Gasteiger partial charge in [0.2, 0.25) is 0 Å². The van der Waals surface area contributed by atoms with E-state index in [4.69, 9.17) is 13.9 Å². The second kappa shape index (κ2) is 10.4. The number of esters is 1. The third-order valence-electron chi connectivity index (χ3n) is 5.89. The summed E-state index contributed by atoms with van der Waals surface area (Å²) in [5, 5.41) is 12.6. The Morgan fingerprint density at radius 1 is 0.971 bits per heavy atom. The number of hydrogen-bond donors (Lipinski definition) is 1. The molecule has 3 aromatic carbocycles. The number of methoxy groups -OCH3 is 1. The predicted molar refractivity (Wildman–Crippen MR) is 138 cm³/mol. The van der Waals surface area contributed by atoms with Crippen LogP contribution in [0.15, 0.2) is 72.8 Å². The third kappa shape index (κ3) is 5.18. The molecule has 180 valence electrons. The number of rotatable bonds is 8. The van der Waals surface area contributed by atoms with E-state index in [0.29, 0.717) is 6.61 Å². The number of aromatic hydroxyl groups is 1. The number of aryl methyl sites for hydroxylation is 1. The zero-order chi connectivity index (χ0) is 24.9. The lowest BCUT2D eigenvalue weighted by atomic mass is 10.1. The first-order valence-corrected chi connectivity index (χ1v) is 13.3. The molecule has 1 atom stereocenters. The van der Waals surface area contributed by atoms with Crippen molar-refractivity contribution < 1.29 is 23.8 Å². The van der Waals surface area contributed by atoms with Crippen molar-refractivity contribution in [3.63, 3.8) is 0 Å². The van der Waals surface area contributed by atoms with E-state index in [1.807, 2.05) is 50.2 Å². The summed E-state index contributed by atoms with van der Waals surface area (Å²) < 4.78 is 17.9. The topological polar surface area (TPSA) is 65.0 Å². The summed E-state index contributed by atoms with van der Waals surface area (Å²) in [6.07, 6.45) is -0.383. The molecule has 0 aliphatic rings. The molecule has 0 aliphatic carbocycles. The maximum atomic E-state index is 12.3. The van der Waals surface area contributed by atoms with Gasteiger partial charge in [-0.2, -0.15) is 0 Å². The Morgan fingerprint density at radius 2 is 1.50 bits per heavy atom. The highest BCUT2D eigenvalue weighted by Gasteiger charge is 2.50. The average molecular weight is 479 g/mol. The highest BCUT2D eigenvalue weighted by molar-refractivity contribution is 6.99. The van der Waals surface area contributed by atoms with Gasteiger partial charge in [0.15, 0.2) is 0 Å². The van der Waals surface area contributed by atoms with Crippen LogP contribution in [0.5, 0.6) is 11.5 Å². The maximum Gasteiger partial charge on any atom is 0.345 e. The Labute approximate surface area is 203 Å². The highest BCUT2D eigenvalue weighted by atomic mass is 28.4. The first-order chi connectivity index (χ1) is 16.1. The predicted octanol–water partition coefficient (Wildman–Crippen LogP) is 4.83. The Kier molecular flexibility index (Phi) is 7.84. The molecule has 0 unspecified atom stereocenters. The van der Waals surface area contributed by atoms with Crippen LogP contribution in [0.4, 0.5) is 0 Å². The van der Waals surface area contributed by atoms with Gasteiger partial charge < -0.3 is 19.0 Å². The Morgan fingerprint density at radius 3 is 1.97 bits per heavy atom. The number of phenols is 1. The van der Waals surface area contributed by atoms with Crippen LogP contribution in [0.1, 0.15) is 43.6 Å². The van der Waals surface area contributed by atoms with Crippen molar-refractivity contribution in [1.82, 2.24) is 0 Å². The SMILES string of the molecule is COC(=O)c1c(O)cc(C)cc1O[C@@H](C)CO[Si](c1ccccc1)(c1ccccc1)C(C)(C)C. The summed E-state index contributed by atoms with van der Waals surface area (Å²) in [6, 6.07) is 24.0. The van der Waals surface area contributed by atoms with Crippen molar-refractivity contribution in [3.8, 4) is 11.5 Å². The molecule has 0 aromatic heterocycles. The van der Waals surface area contributed by atoms with E-state index in [0.717, 1.165) is 5.56 Å². The van der Waals surface area contributed by atoms with Gasteiger partial charge in [0.25, 0.3) is 8.32 Å². The molecular formula is C28H34O5Si. The lowest BCUT2D eigenvalue weighted by molar-refractivity contribution is 0.0586. The van der Waals surface area contributed by atoms with Crippen molar-refractivity contribution in [2.24, 2.45) is 0 Å². The molecule has 1 N–H and O–H groups in total. The quantitative estimate of drug-likeness (QED) is 0.371. The van der Waals surface area contributed by atoms with Crippen LogP contribution in [0.3, 0.4) is 0 Å². The van der Waals surface area contributed by atoms with Crippen molar-refractivity contribution in [3.05, 3.63) is 83.9 Å². The summed E-state index contributed by atoms with van der Waals surface area (Å²) in [6.45, 7) is 10.7. The molecule has 5 nitrogen and oxygen atoms in total. The Hall–Kier alpha value is -3.09. The van der Waals surface area contributed by atoms with E-state index < -0.39 is 14.3 Å². The molecule has 3 aromatic rings. The van der Waals surface area contributed by atoms with Crippen molar-refractivity contribution in [2.45, 2.75) is 45.8 Å². The van der Waals surface area contributed by atoms with Crippen LogP contribution in [-0.4, -0.2) is 39.2 Å². The van der Waals surface area contributed by atoms with Crippen LogP contribution < -0.4 is 15.1 Å². The van der Waals surface area contributed by atoms with Crippen molar-refractivity contribution in [2.75, 3.05) is 13.7 Å². The molecule has 0 amide bonds.